The number of hydrogen-bond donors (Lipinski definition) is 1. The van der Waals surface area contributed by atoms with Crippen LogP contribution in [-0.4, -0.2) is 42.2 Å². The first-order chi connectivity index (χ1) is 11.8. The van der Waals surface area contributed by atoms with Crippen molar-refractivity contribution in [2.24, 2.45) is 0 Å². The number of rotatable bonds is 4. The van der Waals surface area contributed by atoms with E-state index in [-0.39, 0.29) is 5.91 Å². The van der Waals surface area contributed by atoms with E-state index in [1.54, 1.807) is 12.0 Å². The van der Waals surface area contributed by atoms with E-state index >= 15 is 0 Å². The monoisotopic (exact) mass is 348 g/mol. The topological polar surface area (TPSA) is 67.9 Å². The lowest BCUT2D eigenvalue weighted by Crippen LogP contribution is -2.52. The molecule has 1 aromatic carbocycles. The highest BCUT2D eigenvalue weighted by molar-refractivity contribution is 5.85. The van der Waals surface area contributed by atoms with Crippen LogP contribution in [-0.2, 0) is 16.1 Å². The molecule has 1 saturated heterocycles. The number of methoxy groups -OCH3 is 1. The standard InChI is InChI=1S/C19H28N2O4/c1-19(2,3)25-18(23)21-12-6-5-7-16(21)17(22)20-13-14-8-10-15(24-4)11-9-14/h8-11,16H,5-7,12-13H2,1-4H3,(H,20,22). The molecule has 0 bridgehead atoms. The minimum atomic E-state index is -0.571. The largest absolute Gasteiger partial charge is 0.497 e. The molecule has 1 N–H and O–H groups in total. The van der Waals surface area contributed by atoms with Gasteiger partial charge in [-0.15, -0.1) is 0 Å². The Morgan fingerprint density at radius 3 is 2.48 bits per heavy atom. The molecule has 25 heavy (non-hydrogen) atoms. The average molecular weight is 348 g/mol. The Morgan fingerprint density at radius 2 is 1.88 bits per heavy atom. The quantitative estimate of drug-likeness (QED) is 0.908. The number of nitrogens with one attached hydrogen (secondary N) is 1. The first-order valence-electron chi connectivity index (χ1n) is 8.70. The zero-order chi connectivity index (χ0) is 18.4. The van der Waals surface area contributed by atoms with Crippen molar-refractivity contribution in [2.45, 2.75) is 58.2 Å². The molecular formula is C19H28N2O4. The first kappa shape index (κ1) is 19.1. The van der Waals surface area contributed by atoms with Crippen molar-refractivity contribution in [3.8, 4) is 5.75 Å². The van der Waals surface area contributed by atoms with Gasteiger partial charge in [0.25, 0.3) is 0 Å². The number of piperidine rings is 1. The maximum Gasteiger partial charge on any atom is 0.410 e. The van der Waals surface area contributed by atoms with E-state index in [4.69, 9.17) is 9.47 Å². The van der Waals surface area contributed by atoms with Gasteiger partial charge in [-0.2, -0.15) is 0 Å². The van der Waals surface area contributed by atoms with E-state index in [0.29, 0.717) is 19.5 Å². The number of amides is 2. The number of carbonyl (C=O) groups excluding carboxylic acids is 2. The van der Waals surface area contributed by atoms with Crippen LogP contribution in [0.15, 0.2) is 24.3 Å². The lowest BCUT2D eigenvalue weighted by Gasteiger charge is -2.35. The van der Waals surface area contributed by atoms with Crippen LogP contribution < -0.4 is 10.1 Å². The lowest BCUT2D eigenvalue weighted by atomic mass is 10.0. The fraction of sp³-hybridized carbons (Fsp3) is 0.579. The molecule has 2 amide bonds. The molecule has 6 heteroatoms. The van der Waals surface area contributed by atoms with Crippen molar-refractivity contribution in [3.63, 3.8) is 0 Å². The molecule has 0 spiro atoms. The second kappa shape index (κ2) is 8.23. The third-order valence-corrected chi connectivity index (χ3v) is 4.06. The molecule has 138 valence electrons. The van der Waals surface area contributed by atoms with E-state index in [1.807, 2.05) is 45.0 Å². The summed E-state index contributed by atoms with van der Waals surface area (Å²) >= 11 is 0. The van der Waals surface area contributed by atoms with Crippen LogP contribution in [0.4, 0.5) is 4.79 Å². The molecule has 0 radical (unpaired) electrons. The molecule has 1 aliphatic heterocycles. The van der Waals surface area contributed by atoms with E-state index in [1.165, 1.54) is 0 Å². The third-order valence-electron chi connectivity index (χ3n) is 4.06. The Labute approximate surface area is 149 Å². The number of hydrogen-bond acceptors (Lipinski definition) is 4. The maximum absolute atomic E-state index is 12.6. The molecule has 2 rings (SSSR count). The minimum Gasteiger partial charge on any atom is -0.497 e. The number of nitrogens with zero attached hydrogens (tertiary/aromatic N) is 1. The smallest absolute Gasteiger partial charge is 0.410 e. The maximum atomic E-state index is 12.6. The highest BCUT2D eigenvalue weighted by Crippen LogP contribution is 2.21. The Bertz CT molecular complexity index is 592. The van der Waals surface area contributed by atoms with Gasteiger partial charge in [-0.05, 0) is 57.7 Å². The molecule has 0 saturated carbocycles. The van der Waals surface area contributed by atoms with Crippen molar-refractivity contribution in [3.05, 3.63) is 29.8 Å². The van der Waals surface area contributed by atoms with Crippen molar-refractivity contribution in [2.75, 3.05) is 13.7 Å². The molecule has 0 aliphatic carbocycles. The van der Waals surface area contributed by atoms with Crippen LogP contribution in [0.5, 0.6) is 5.75 Å². The van der Waals surface area contributed by atoms with Crippen LogP contribution in [0.1, 0.15) is 45.6 Å². The van der Waals surface area contributed by atoms with Crippen molar-refractivity contribution < 1.29 is 19.1 Å². The summed E-state index contributed by atoms with van der Waals surface area (Å²) in [5.74, 6) is 0.639. The van der Waals surface area contributed by atoms with Gasteiger partial charge in [0.05, 0.1) is 7.11 Å². The number of likely N-dealkylation sites (tertiary alicyclic amines) is 1. The molecule has 1 atom stereocenters. The van der Waals surface area contributed by atoms with Crippen LogP contribution in [0, 0.1) is 0 Å². The Morgan fingerprint density at radius 1 is 1.20 bits per heavy atom. The predicted octanol–water partition coefficient (Wildman–Crippen LogP) is 3.10. The van der Waals surface area contributed by atoms with Crippen molar-refractivity contribution in [1.82, 2.24) is 10.2 Å². The molecule has 1 unspecified atom stereocenters. The minimum absolute atomic E-state index is 0.138. The van der Waals surface area contributed by atoms with Gasteiger partial charge in [-0.25, -0.2) is 4.79 Å². The molecule has 1 aromatic rings. The SMILES string of the molecule is COc1ccc(CNC(=O)C2CCCCN2C(=O)OC(C)(C)C)cc1. The van der Waals surface area contributed by atoms with Gasteiger partial charge in [0, 0.05) is 13.1 Å². The molecule has 1 heterocycles. The first-order valence-corrected chi connectivity index (χ1v) is 8.70. The predicted molar refractivity (Wildman–Crippen MR) is 95.4 cm³/mol. The summed E-state index contributed by atoms with van der Waals surface area (Å²) in [7, 11) is 1.62. The van der Waals surface area contributed by atoms with E-state index in [9.17, 15) is 9.59 Å². The zero-order valence-corrected chi connectivity index (χ0v) is 15.5. The van der Waals surface area contributed by atoms with Gasteiger partial charge in [-0.3, -0.25) is 9.69 Å². The molecule has 0 aromatic heterocycles. The van der Waals surface area contributed by atoms with E-state index < -0.39 is 17.7 Å². The van der Waals surface area contributed by atoms with E-state index in [2.05, 4.69) is 5.32 Å². The average Bonchev–Trinajstić information content (AvgIpc) is 2.58. The van der Waals surface area contributed by atoms with Gasteiger partial charge in [0.15, 0.2) is 0 Å². The third kappa shape index (κ3) is 5.66. The van der Waals surface area contributed by atoms with Gasteiger partial charge >= 0.3 is 6.09 Å². The summed E-state index contributed by atoms with van der Waals surface area (Å²) < 4.78 is 10.6. The van der Waals surface area contributed by atoms with Crippen LogP contribution in [0.2, 0.25) is 0 Å². The normalized spacial score (nSPS) is 17.8. The summed E-state index contributed by atoms with van der Waals surface area (Å²) in [4.78, 5) is 26.5. The van der Waals surface area contributed by atoms with Crippen molar-refractivity contribution in [1.29, 1.82) is 0 Å². The second-order valence-corrected chi connectivity index (χ2v) is 7.25. The van der Waals surface area contributed by atoms with Crippen LogP contribution >= 0.6 is 0 Å². The van der Waals surface area contributed by atoms with Gasteiger partial charge in [-0.1, -0.05) is 12.1 Å². The van der Waals surface area contributed by atoms with Gasteiger partial charge in [0.1, 0.15) is 17.4 Å². The second-order valence-electron chi connectivity index (χ2n) is 7.25. The highest BCUT2D eigenvalue weighted by Gasteiger charge is 2.34. The lowest BCUT2D eigenvalue weighted by molar-refractivity contribution is -0.127. The number of benzene rings is 1. The summed E-state index contributed by atoms with van der Waals surface area (Å²) in [6.45, 7) is 6.45. The summed E-state index contributed by atoms with van der Waals surface area (Å²) in [6, 6.07) is 7.06. The Hall–Kier alpha value is -2.24. The Kier molecular flexibility index (Phi) is 6.28. The number of carbonyl (C=O) groups is 2. The fourth-order valence-electron chi connectivity index (χ4n) is 2.79. The van der Waals surface area contributed by atoms with Gasteiger partial charge in [0.2, 0.25) is 5.91 Å². The van der Waals surface area contributed by atoms with Gasteiger partial charge < -0.3 is 14.8 Å². The summed E-state index contributed by atoms with van der Waals surface area (Å²) in [5.41, 5.74) is 0.410. The van der Waals surface area contributed by atoms with Crippen LogP contribution in [0.25, 0.3) is 0 Å². The molecular weight excluding hydrogens is 320 g/mol. The zero-order valence-electron chi connectivity index (χ0n) is 15.5. The fourth-order valence-corrected chi connectivity index (χ4v) is 2.79. The molecule has 1 fully saturated rings. The van der Waals surface area contributed by atoms with Crippen molar-refractivity contribution >= 4 is 12.0 Å². The molecule has 1 aliphatic rings. The summed E-state index contributed by atoms with van der Waals surface area (Å²) in [5, 5.41) is 2.92. The number of ether oxygens (including phenoxy) is 2. The van der Waals surface area contributed by atoms with E-state index in [0.717, 1.165) is 24.2 Å². The highest BCUT2D eigenvalue weighted by atomic mass is 16.6. The van der Waals surface area contributed by atoms with Crippen LogP contribution in [0.3, 0.4) is 0 Å². The Balaban J connectivity index is 1.96. The summed E-state index contributed by atoms with van der Waals surface area (Å²) in [6.07, 6.45) is 2.06. The molecule has 6 nitrogen and oxygen atoms in total.